The first kappa shape index (κ1) is 11.9. The molecule has 0 saturated heterocycles. The molecule has 5 nitrogen and oxygen atoms in total. The van der Waals surface area contributed by atoms with Crippen LogP contribution in [-0.2, 0) is 6.42 Å². The number of hydrogen-bond donors (Lipinski definition) is 1. The Bertz CT molecular complexity index is 543. The number of carbonyl (C=O) groups is 1. The van der Waals surface area contributed by atoms with Crippen molar-refractivity contribution < 1.29 is 4.79 Å². The zero-order valence-electron chi connectivity index (χ0n) is 8.98. The number of pyridine rings is 1. The smallest absolute Gasteiger partial charge is 0.270 e. The molecule has 0 atom stereocenters. The lowest BCUT2D eigenvalue weighted by Gasteiger charge is -2.02. The van der Waals surface area contributed by atoms with Gasteiger partial charge in [0.2, 0.25) is 0 Å². The third-order valence-corrected chi connectivity index (χ3v) is 3.06. The summed E-state index contributed by atoms with van der Waals surface area (Å²) < 4.78 is 3.76. The number of rotatable bonds is 3. The summed E-state index contributed by atoms with van der Waals surface area (Å²) in [4.78, 5) is 16.4. The van der Waals surface area contributed by atoms with Gasteiger partial charge in [-0.2, -0.15) is 0 Å². The number of halogens is 1. The van der Waals surface area contributed by atoms with Gasteiger partial charge >= 0.3 is 0 Å². The van der Waals surface area contributed by atoms with Crippen molar-refractivity contribution in [2.75, 3.05) is 5.32 Å². The fraction of sp³-hybridized carbons (Fsp3) is 0.200. The van der Waals surface area contributed by atoms with E-state index in [2.05, 4.69) is 19.9 Å². The largest absolute Gasteiger partial charge is 0.306 e. The van der Waals surface area contributed by atoms with E-state index in [1.807, 2.05) is 6.92 Å². The number of aryl methyl sites for hydroxylation is 1. The lowest BCUT2D eigenvalue weighted by Crippen LogP contribution is -2.13. The van der Waals surface area contributed by atoms with Gasteiger partial charge in [0.15, 0.2) is 0 Å². The average Bonchev–Trinajstić information content (AvgIpc) is 2.77. The Morgan fingerprint density at radius 3 is 3.12 bits per heavy atom. The van der Waals surface area contributed by atoms with E-state index in [0.29, 0.717) is 27.8 Å². The highest BCUT2D eigenvalue weighted by Crippen LogP contribution is 2.16. The van der Waals surface area contributed by atoms with Gasteiger partial charge < -0.3 is 5.32 Å². The Balaban J connectivity index is 2.17. The standard InChI is InChI=1S/C10H9ClN4OS/c1-2-7-9(17-15-14-7)10(16)13-8-5-6(11)3-4-12-8/h3-5H,2H2,1H3,(H,12,13,16). The molecule has 2 aromatic heterocycles. The highest BCUT2D eigenvalue weighted by atomic mass is 35.5. The second-order valence-corrected chi connectivity index (χ2v) is 4.41. The molecule has 2 aromatic rings. The number of nitrogens with one attached hydrogen (secondary N) is 1. The van der Waals surface area contributed by atoms with Crippen LogP contribution in [0.2, 0.25) is 5.02 Å². The Hall–Kier alpha value is -1.53. The predicted molar refractivity (Wildman–Crippen MR) is 66.5 cm³/mol. The molecule has 17 heavy (non-hydrogen) atoms. The Labute approximate surface area is 107 Å². The average molecular weight is 269 g/mol. The Kier molecular flexibility index (Phi) is 3.65. The van der Waals surface area contributed by atoms with Gasteiger partial charge in [-0.25, -0.2) is 4.98 Å². The highest BCUT2D eigenvalue weighted by molar-refractivity contribution is 7.08. The highest BCUT2D eigenvalue weighted by Gasteiger charge is 2.15. The lowest BCUT2D eigenvalue weighted by atomic mass is 10.3. The van der Waals surface area contributed by atoms with Crippen molar-refractivity contribution in [1.82, 2.24) is 14.6 Å². The third-order valence-electron chi connectivity index (χ3n) is 2.06. The predicted octanol–water partition coefficient (Wildman–Crippen LogP) is 2.40. The molecule has 1 N–H and O–H groups in total. The van der Waals surface area contributed by atoms with Gasteiger partial charge in [-0.3, -0.25) is 4.79 Å². The summed E-state index contributed by atoms with van der Waals surface area (Å²) in [7, 11) is 0. The van der Waals surface area contributed by atoms with Gasteiger partial charge in [-0.15, -0.1) is 5.10 Å². The summed E-state index contributed by atoms with van der Waals surface area (Å²) in [5, 5.41) is 7.05. The van der Waals surface area contributed by atoms with Crippen LogP contribution >= 0.6 is 23.1 Å². The monoisotopic (exact) mass is 268 g/mol. The number of nitrogens with zero attached hydrogens (tertiary/aromatic N) is 3. The first-order valence-electron chi connectivity index (χ1n) is 4.95. The van der Waals surface area contributed by atoms with Crippen LogP contribution in [0.1, 0.15) is 22.3 Å². The second kappa shape index (κ2) is 5.20. The SMILES string of the molecule is CCc1nnsc1C(=O)Nc1cc(Cl)ccn1. The summed E-state index contributed by atoms with van der Waals surface area (Å²) in [6.45, 7) is 1.92. The van der Waals surface area contributed by atoms with Gasteiger partial charge in [0.05, 0.1) is 5.69 Å². The molecule has 0 bridgehead atoms. The molecule has 0 radical (unpaired) electrons. The minimum atomic E-state index is -0.258. The molecule has 7 heteroatoms. The van der Waals surface area contributed by atoms with E-state index in [4.69, 9.17) is 11.6 Å². The van der Waals surface area contributed by atoms with Gasteiger partial charge in [-0.1, -0.05) is 23.0 Å². The zero-order chi connectivity index (χ0) is 12.3. The quantitative estimate of drug-likeness (QED) is 0.928. The second-order valence-electron chi connectivity index (χ2n) is 3.22. The van der Waals surface area contributed by atoms with Crippen LogP contribution in [0.5, 0.6) is 0 Å². The molecule has 2 heterocycles. The molecule has 0 unspecified atom stereocenters. The maximum Gasteiger partial charge on any atom is 0.270 e. The topological polar surface area (TPSA) is 67.8 Å². The van der Waals surface area contributed by atoms with Crippen molar-refractivity contribution in [1.29, 1.82) is 0 Å². The summed E-state index contributed by atoms with van der Waals surface area (Å²) in [6, 6.07) is 3.22. The van der Waals surface area contributed by atoms with Gasteiger partial charge in [0, 0.05) is 11.2 Å². The molecule has 1 amide bonds. The Morgan fingerprint density at radius 1 is 1.59 bits per heavy atom. The summed E-state index contributed by atoms with van der Waals surface area (Å²) >= 11 is 6.87. The van der Waals surface area contributed by atoms with Crippen LogP contribution in [0.4, 0.5) is 5.82 Å². The fourth-order valence-corrected chi connectivity index (χ4v) is 2.06. The van der Waals surface area contributed by atoms with E-state index in [9.17, 15) is 4.79 Å². The molecule has 0 spiro atoms. The molecule has 0 saturated carbocycles. The van der Waals surface area contributed by atoms with E-state index in [1.54, 1.807) is 12.1 Å². The molecule has 88 valence electrons. The summed E-state index contributed by atoms with van der Waals surface area (Å²) in [5.74, 6) is 0.157. The number of hydrogen-bond acceptors (Lipinski definition) is 5. The van der Waals surface area contributed by atoms with E-state index < -0.39 is 0 Å². The molecule has 2 rings (SSSR count). The van der Waals surface area contributed by atoms with Crippen LogP contribution in [0.25, 0.3) is 0 Å². The number of amides is 1. The molecule has 0 aromatic carbocycles. The molecule has 0 aliphatic heterocycles. The molecule has 0 fully saturated rings. The van der Waals surface area contributed by atoms with E-state index in [1.165, 1.54) is 6.20 Å². The summed E-state index contributed by atoms with van der Waals surface area (Å²) in [6.07, 6.45) is 2.20. The normalized spacial score (nSPS) is 10.2. The van der Waals surface area contributed by atoms with Crippen molar-refractivity contribution in [3.63, 3.8) is 0 Å². The van der Waals surface area contributed by atoms with Crippen molar-refractivity contribution in [2.45, 2.75) is 13.3 Å². The van der Waals surface area contributed by atoms with Crippen LogP contribution in [0.15, 0.2) is 18.3 Å². The van der Waals surface area contributed by atoms with E-state index in [-0.39, 0.29) is 5.91 Å². The van der Waals surface area contributed by atoms with Gasteiger partial charge in [0.25, 0.3) is 5.91 Å². The zero-order valence-corrected chi connectivity index (χ0v) is 10.5. The van der Waals surface area contributed by atoms with Gasteiger partial charge in [0.1, 0.15) is 10.7 Å². The fourth-order valence-electron chi connectivity index (χ4n) is 1.26. The van der Waals surface area contributed by atoms with Crippen molar-refractivity contribution >= 4 is 34.9 Å². The number of carbonyl (C=O) groups excluding carboxylic acids is 1. The minimum absolute atomic E-state index is 0.258. The molecular formula is C10H9ClN4OS. The first-order chi connectivity index (χ1) is 8.20. The Morgan fingerprint density at radius 2 is 2.41 bits per heavy atom. The van der Waals surface area contributed by atoms with Gasteiger partial charge in [-0.05, 0) is 30.1 Å². The summed E-state index contributed by atoms with van der Waals surface area (Å²) in [5.41, 5.74) is 0.689. The van der Waals surface area contributed by atoms with Crippen molar-refractivity contribution in [2.24, 2.45) is 0 Å². The minimum Gasteiger partial charge on any atom is -0.306 e. The van der Waals surface area contributed by atoms with Crippen LogP contribution in [0.3, 0.4) is 0 Å². The first-order valence-corrected chi connectivity index (χ1v) is 6.10. The van der Waals surface area contributed by atoms with Crippen molar-refractivity contribution in [3.05, 3.63) is 33.9 Å². The van der Waals surface area contributed by atoms with Crippen LogP contribution in [0, 0.1) is 0 Å². The molecule has 0 aliphatic rings. The number of aromatic nitrogens is 3. The maximum atomic E-state index is 11.9. The lowest BCUT2D eigenvalue weighted by molar-refractivity contribution is 0.102. The number of anilines is 1. The maximum absolute atomic E-state index is 11.9. The molecule has 0 aliphatic carbocycles. The van der Waals surface area contributed by atoms with Crippen LogP contribution in [-0.4, -0.2) is 20.5 Å². The van der Waals surface area contributed by atoms with E-state index in [0.717, 1.165) is 11.5 Å². The van der Waals surface area contributed by atoms with Crippen molar-refractivity contribution in [3.8, 4) is 0 Å². The molecular weight excluding hydrogens is 260 g/mol. The van der Waals surface area contributed by atoms with E-state index >= 15 is 0 Å². The third kappa shape index (κ3) is 2.78. The van der Waals surface area contributed by atoms with Crippen LogP contribution < -0.4 is 5.32 Å².